The molecule has 0 saturated heterocycles. The van der Waals surface area contributed by atoms with E-state index >= 15 is 0 Å². The van der Waals surface area contributed by atoms with Crippen molar-refractivity contribution in [1.82, 2.24) is 20.1 Å². The van der Waals surface area contributed by atoms with Gasteiger partial charge in [0.1, 0.15) is 5.75 Å². The number of nitrogens with one attached hydrogen (secondary N) is 2. The number of ether oxygens (including phenoxy) is 1. The molecule has 11 heteroatoms. The second-order valence-corrected chi connectivity index (χ2v) is 9.04. The molecule has 0 radical (unpaired) electrons. The molecule has 2 amide bonds. The predicted molar refractivity (Wildman–Crippen MR) is 136 cm³/mol. The zero-order valence-electron chi connectivity index (χ0n) is 20.0. The first-order valence-corrected chi connectivity index (χ1v) is 12.2. The monoisotopic (exact) mass is 527 g/mol. The number of thioether (sulfide) groups is 1. The van der Waals surface area contributed by atoms with Crippen LogP contribution in [0, 0.1) is 6.92 Å². The van der Waals surface area contributed by atoms with E-state index in [0.717, 1.165) is 34.7 Å². The number of aromatic nitrogens is 3. The van der Waals surface area contributed by atoms with Crippen molar-refractivity contribution in [3.8, 4) is 11.4 Å². The molecule has 0 aliphatic rings. The maximum absolute atomic E-state index is 12.8. The topological polar surface area (TPSA) is 81.1 Å². The van der Waals surface area contributed by atoms with Crippen LogP contribution < -0.4 is 15.4 Å². The Morgan fingerprint density at radius 1 is 1.03 bits per heavy atom. The van der Waals surface area contributed by atoms with Crippen LogP contribution in [0.25, 0.3) is 5.69 Å². The van der Waals surface area contributed by atoms with Gasteiger partial charge in [0.05, 0.1) is 19.2 Å². The number of aryl methyl sites for hydroxylation is 1. The van der Waals surface area contributed by atoms with E-state index in [4.69, 9.17) is 4.74 Å². The van der Waals surface area contributed by atoms with E-state index in [1.807, 2.05) is 60.0 Å². The van der Waals surface area contributed by atoms with Crippen LogP contribution in [-0.4, -0.2) is 27.9 Å². The zero-order valence-corrected chi connectivity index (χ0v) is 20.9. The first-order valence-electron chi connectivity index (χ1n) is 11.2. The van der Waals surface area contributed by atoms with Gasteiger partial charge in [-0.25, -0.2) is 4.79 Å². The van der Waals surface area contributed by atoms with Gasteiger partial charge >= 0.3 is 12.2 Å². The van der Waals surface area contributed by atoms with Crippen LogP contribution in [0.1, 0.15) is 22.5 Å². The number of rotatable bonds is 8. The van der Waals surface area contributed by atoms with Crippen LogP contribution in [0.3, 0.4) is 0 Å². The van der Waals surface area contributed by atoms with Gasteiger partial charge in [-0.2, -0.15) is 13.2 Å². The van der Waals surface area contributed by atoms with E-state index in [1.54, 1.807) is 7.11 Å². The van der Waals surface area contributed by atoms with E-state index in [0.29, 0.717) is 16.7 Å². The minimum Gasteiger partial charge on any atom is -0.497 e. The number of halogens is 3. The van der Waals surface area contributed by atoms with Crippen LogP contribution in [0.15, 0.2) is 78.0 Å². The van der Waals surface area contributed by atoms with Crippen LogP contribution in [-0.2, 0) is 18.5 Å². The van der Waals surface area contributed by atoms with Gasteiger partial charge in [0.2, 0.25) is 0 Å². The maximum Gasteiger partial charge on any atom is 0.416 e. The van der Waals surface area contributed by atoms with Crippen molar-refractivity contribution in [2.45, 2.75) is 30.6 Å². The van der Waals surface area contributed by atoms with Gasteiger partial charge in [-0.3, -0.25) is 4.57 Å². The Balaban J connectivity index is 1.47. The first-order chi connectivity index (χ1) is 17.7. The molecule has 0 bridgehead atoms. The highest BCUT2D eigenvalue weighted by Crippen LogP contribution is 2.30. The minimum atomic E-state index is -4.44. The molecular weight excluding hydrogens is 503 g/mol. The van der Waals surface area contributed by atoms with Gasteiger partial charge in [-0.1, -0.05) is 41.6 Å². The summed E-state index contributed by atoms with van der Waals surface area (Å²) in [7, 11) is 1.62. The number of alkyl halides is 3. The molecular formula is C26H24F3N5O2S. The van der Waals surface area contributed by atoms with Crippen molar-refractivity contribution >= 4 is 23.5 Å². The average Bonchev–Trinajstić information content (AvgIpc) is 3.29. The number of anilines is 1. The standard InChI is InChI=1S/C26H24F3N5O2S/c1-17-6-12-21(13-7-17)34-23(32-33-25(34)37-16-18-4-3-5-22(14-18)36-2)15-30-24(35)31-20-10-8-19(9-11-20)26(27,28)29/h3-14H,15-16H2,1-2H3,(H2,30,31,35). The summed E-state index contributed by atoms with van der Waals surface area (Å²) >= 11 is 1.49. The number of nitrogens with zero attached hydrogens (tertiary/aromatic N) is 3. The molecule has 4 rings (SSSR count). The first kappa shape index (κ1) is 26.1. The molecule has 37 heavy (non-hydrogen) atoms. The number of amides is 2. The number of hydrogen-bond acceptors (Lipinski definition) is 5. The van der Waals surface area contributed by atoms with Crippen molar-refractivity contribution in [3.63, 3.8) is 0 Å². The molecule has 2 N–H and O–H groups in total. The van der Waals surface area contributed by atoms with Crippen LogP contribution in [0.2, 0.25) is 0 Å². The summed E-state index contributed by atoms with van der Waals surface area (Å²) in [5, 5.41) is 14.5. The fraction of sp³-hybridized carbons (Fsp3) is 0.192. The smallest absolute Gasteiger partial charge is 0.416 e. The van der Waals surface area contributed by atoms with Crippen molar-refractivity contribution in [2.24, 2.45) is 0 Å². The lowest BCUT2D eigenvalue weighted by molar-refractivity contribution is -0.137. The van der Waals surface area contributed by atoms with Gasteiger partial charge in [0.15, 0.2) is 11.0 Å². The molecule has 4 aromatic rings. The van der Waals surface area contributed by atoms with Gasteiger partial charge in [-0.15, -0.1) is 10.2 Å². The fourth-order valence-electron chi connectivity index (χ4n) is 3.45. The summed E-state index contributed by atoms with van der Waals surface area (Å²) < 4.78 is 45.4. The summed E-state index contributed by atoms with van der Waals surface area (Å²) in [5.41, 5.74) is 2.43. The molecule has 0 spiro atoms. The Labute approximate surface area is 216 Å². The van der Waals surface area contributed by atoms with Crippen LogP contribution in [0.4, 0.5) is 23.7 Å². The zero-order chi connectivity index (χ0) is 26.4. The third kappa shape index (κ3) is 6.82. The number of carbonyl (C=O) groups excluding carboxylic acids is 1. The molecule has 0 aliphatic heterocycles. The molecule has 1 heterocycles. The second-order valence-electron chi connectivity index (χ2n) is 8.09. The van der Waals surface area contributed by atoms with Crippen molar-refractivity contribution in [3.05, 3.63) is 95.3 Å². The lowest BCUT2D eigenvalue weighted by Crippen LogP contribution is -2.29. The molecule has 0 unspecified atom stereocenters. The molecule has 7 nitrogen and oxygen atoms in total. The third-order valence-corrected chi connectivity index (χ3v) is 6.37. The maximum atomic E-state index is 12.8. The van der Waals surface area contributed by atoms with Gasteiger partial charge < -0.3 is 15.4 Å². The number of hydrogen-bond donors (Lipinski definition) is 2. The molecule has 0 fully saturated rings. The van der Waals surface area contributed by atoms with E-state index < -0.39 is 17.8 Å². The normalized spacial score (nSPS) is 11.3. The third-order valence-electron chi connectivity index (χ3n) is 5.37. The van der Waals surface area contributed by atoms with Gasteiger partial charge in [0, 0.05) is 17.1 Å². The van der Waals surface area contributed by atoms with E-state index in [2.05, 4.69) is 20.8 Å². The summed E-state index contributed by atoms with van der Waals surface area (Å²) in [5.74, 6) is 1.89. The van der Waals surface area contributed by atoms with Gasteiger partial charge in [-0.05, 0) is 61.0 Å². The Kier molecular flexibility index (Phi) is 8.02. The SMILES string of the molecule is COc1cccc(CSc2nnc(CNC(=O)Nc3ccc(C(F)(F)F)cc3)n2-c2ccc(C)cc2)c1. The highest BCUT2D eigenvalue weighted by molar-refractivity contribution is 7.98. The molecule has 1 aromatic heterocycles. The molecule has 0 aliphatic carbocycles. The predicted octanol–water partition coefficient (Wildman–Crippen LogP) is 6.22. The van der Waals surface area contributed by atoms with Crippen molar-refractivity contribution in [2.75, 3.05) is 12.4 Å². The lowest BCUT2D eigenvalue weighted by atomic mass is 10.2. The molecule has 3 aromatic carbocycles. The molecule has 0 saturated carbocycles. The Bertz CT molecular complexity index is 1360. The van der Waals surface area contributed by atoms with E-state index in [9.17, 15) is 18.0 Å². The minimum absolute atomic E-state index is 0.0487. The number of benzene rings is 3. The fourth-order valence-corrected chi connectivity index (χ4v) is 4.36. The van der Waals surface area contributed by atoms with Crippen LogP contribution in [0.5, 0.6) is 5.75 Å². The largest absolute Gasteiger partial charge is 0.497 e. The van der Waals surface area contributed by atoms with Crippen molar-refractivity contribution in [1.29, 1.82) is 0 Å². The van der Waals surface area contributed by atoms with Crippen molar-refractivity contribution < 1.29 is 22.7 Å². The number of urea groups is 1. The summed E-state index contributed by atoms with van der Waals surface area (Å²) in [4.78, 5) is 12.4. The van der Waals surface area contributed by atoms with E-state index in [-0.39, 0.29) is 12.2 Å². The Morgan fingerprint density at radius 2 is 1.76 bits per heavy atom. The highest BCUT2D eigenvalue weighted by Gasteiger charge is 2.30. The average molecular weight is 528 g/mol. The molecule has 0 atom stereocenters. The number of carbonyl (C=O) groups is 1. The number of methoxy groups -OCH3 is 1. The van der Waals surface area contributed by atoms with Gasteiger partial charge in [0.25, 0.3) is 0 Å². The highest BCUT2D eigenvalue weighted by atomic mass is 32.2. The molecule has 192 valence electrons. The van der Waals surface area contributed by atoms with E-state index in [1.165, 1.54) is 23.9 Å². The summed E-state index contributed by atoms with van der Waals surface area (Å²) in [6, 6.07) is 19.2. The summed E-state index contributed by atoms with van der Waals surface area (Å²) in [6.45, 7) is 2.04. The Hall–Kier alpha value is -3.99. The second kappa shape index (κ2) is 11.4. The Morgan fingerprint density at radius 3 is 2.43 bits per heavy atom. The lowest BCUT2D eigenvalue weighted by Gasteiger charge is -2.12. The quantitative estimate of drug-likeness (QED) is 0.266. The summed E-state index contributed by atoms with van der Waals surface area (Å²) in [6.07, 6.45) is -4.44. The van der Waals surface area contributed by atoms with Crippen LogP contribution >= 0.6 is 11.8 Å².